The Morgan fingerprint density at radius 2 is 1.58 bits per heavy atom. The molecule has 178 valence electrons. The summed E-state index contributed by atoms with van der Waals surface area (Å²) in [5.74, 6) is -1.39. The van der Waals surface area contributed by atoms with Crippen LogP contribution in [0.15, 0.2) is 120 Å². The number of aromatic nitrogens is 1. The fraction of sp³-hybridized carbons (Fsp3) is 0.0667. The van der Waals surface area contributed by atoms with Gasteiger partial charge in [-0.25, -0.2) is 4.79 Å². The van der Waals surface area contributed by atoms with Crippen molar-refractivity contribution in [1.82, 2.24) is 4.98 Å². The number of anilines is 1. The fourth-order valence-corrected chi connectivity index (χ4v) is 3.71. The molecule has 4 aromatic rings. The number of aryl methyl sites for hydroxylation is 1. The van der Waals surface area contributed by atoms with Crippen LogP contribution in [0.4, 0.5) is 5.69 Å². The van der Waals surface area contributed by atoms with Crippen LogP contribution in [0.25, 0.3) is 0 Å². The molecule has 36 heavy (non-hydrogen) atoms. The highest BCUT2D eigenvalue weighted by atomic mass is 16.4. The molecule has 0 unspecified atom stereocenters. The lowest BCUT2D eigenvalue weighted by atomic mass is 9.99. The van der Waals surface area contributed by atoms with E-state index in [1.165, 1.54) is 6.20 Å². The lowest BCUT2D eigenvalue weighted by molar-refractivity contribution is -0.132. The van der Waals surface area contributed by atoms with E-state index in [9.17, 15) is 14.7 Å². The van der Waals surface area contributed by atoms with Crippen LogP contribution >= 0.6 is 0 Å². The van der Waals surface area contributed by atoms with Gasteiger partial charge in [0.1, 0.15) is 5.69 Å². The second kappa shape index (κ2) is 11.5. The van der Waals surface area contributed by atoms with E-state index < -0.39 is 5.97 Å². The van der Waals surface area contributed by atoms with Gasteiger partial charge >= 0.3 is 5.97 Å². The van der Waals surface area contributed by atoms with Crippen LogP contribution in [0.2, 0.25) is 0 Å². The number of nitrogens with zero attached hydrogens (tertiary/aromatic N) is 2. The van der Waals surface area contributed by atoms with Gasteiger partial charge in [0.25, 0.3) is 5.91 Å². The first-order chi connectivity index (χ1) is 17.5. The summed E-state index contributed by atoms with van der Waals surface area (Å²) in [7, 11) is 0. The average molecular weight is 476 g/mol. The summed E-state index contributed by atoms with van der Waals surface area (Å²) in [5.41, 5.74) is 4.91. The predicted octanol–water partition coefficient (Wildman–Crippen LogP) is 5.69. The Bertz CT molecular complexity index is 1430. The molecule has 0 radical (unpaired) electrons. The molecule has 1 aromatic heterocycles. The highest BCUT2D eigenvalue weighted by Gasteiger charge is 2.16. The van der Waals surface area contributed by atoms with Crippen LogP contribution in [0, 0.1) is 6.92 Å². The molecule has 0 fully saturated rings. The van der Waals surface area contributed by atoms with Gasteiger partial charge < -0.3 is 10.4 Å². The van der Waals surface area contributed by atoms with E-state index >= 15 is 0 Å². The number of hydrogen-bond donors (Lipinski definition) is 2. The average Bonchev–Trinajstić information content (AvgIpc) is 2.91. The topological polar surface area (TPSA) is 91.7 Å². The molecule has 2 N–H and O–H groups in total. The summed E-state index contributed by atoms with van der Waals surface area (Å²) < 4.78 is 0. The monoisotopic (exact) mass is 475 g/mol. The number of rotatable bonds is 8. The maximum absolute atomic E-state index is 12.8. The maximum atomic E-state index is 12.8. The van der Waals surface area contributed by atoms with Crippen LogP contribution < -0.4 is 5.32 Å². The van der Waals surface area contributed by atoms with Crippen molar-refractivity contribution in [2.24, 2.45) is 4.99 Å². The quantitative estimate of drug-likeness (QED) is 0.253. The number of para-hydroxylation sites is 1. The van der Waals surface area contributed by atoms with Gasteiger partial charge in [-0.15, -0.1) is 0 Å². The summed E-state index contributed by atoms with van der Waals surface area (Å²) in [6.45, 7) is 1.95. The van der Waals surface area contributed by atoms with Crippen molar-refractivity contribution >= 4 is 23.3 Å². The van der Waals surface area contributed by atoms with Crippen LogP contribution in [0.3, 0.4) is 0 Å². The van der Waals surface area contributed by atoms with Crippen LogP contribution in [0.1, 0.15) is 32.7 Å². The summed E-state index contributed by atoms with van der Waals surface area (Å²) in [4.78, 5) is 33.7. The SMILES string of the molecule is Cc1ccccc1C/C(=C/N=C(c1ccccc1)c1ccccc1NC(=O)c1ccccn1)C(=O)O. The Morgan fingerprint density at radius 1 is 0.889 bits per heavy atom. The van der Waals surface area contributed by atoms with Gasteiger partial charge in [0, 0.05) is 29.9 Å². The van der Waals surface area contributed by atoms with Gasteiger partial charge in [0.05, 0.1) is 17.0 Å². The number of hydrogen-bond acceptors (Lipinski definition) is 4. The fourth-order valence-electron chi connectivity index (χ4n) is 3.71. The number of carbonyl (C=O) groups is 2. The van der Waals surface area contributed by atoms with Gasteiger partial charge in [-0.05, 0) is 36.2 Å². The van der Waals surface area contributed by atoms with Crippen molar-refractivity contribution in [2.75, 3.05) is 5.32 Å². The smallest absolute Gasteiger partial charge is 0.333 e. The number of aliphatic imine (C=N–C) groups is 1. The number of carboxylic acids is 1. The van der Waals surface area contributed by atoms with Gasteiger partial charge in [-0.2, -0.15) is 0 Å². The summed E-state index contributed by atoms with van der Waals surface area (Å²) >= 11 is 0. The molecule has 3 aromatic carbocycles. The lowest BCUT2D eigenvalue weighted by Crippen LogP contribution is -2.16. The number of aliphatic carboxylic acids is 1. The zero-order valence-corrected chi connectivity index (χ0v) is 19.8. The van der Waals surface area contributed by atoms with Crippen LogP contribution in [-0.2, 0) is 11.2 Å². The largest absolute Gasteiger partial charge is 0.478 e. The van der Waals surface area contributed by atoms with Crippen molar-refractivity contribution in [3.8, 4) is 0 Å². The van der Waals surface area contributed by atoms with Crippen molar-refractivity contribution < 1.29 is 14.7 Å². The molecule has 6 heteroatoms. The molecule has 0 spiro atoms. The molecule has 1 heterocycles. The van der Waals surface area contributed by atoms with E-state index in [1.807, 2.05) is 79.7 Å². The summed E-state index contributed by atoms with van der Waals surface area (Å²) in [6.07, 6.45) is 3.20. The molecule has 0 aliphatic heterocycles. The summed E-state index contributed by atoms with van der Waals surface area (Å²) in [5, 5.41) is 12.8. The molecule has 1 amide bonds. The Hall–Kier alpha value is -4.84. The van der Waals surface area contributed by atoms with Gasteiger partial charge in [-0.3, -0.25) is 14.8 Å². The van der Waals surface area contributed by atoms with E-state index in [-0.39, 0.29) is 23.6 Å². The van der Waals surface area contributed by atoms with E-state index in [4.69, 9.17) is 0 Å². The number of carboxylic acid groups (broad SMARTS) is 1. The minimum atomic E-state index is -1.04. The molecule has 0 bridgehead atoms. The molecule has 0 atom stereocenters. The molecule has 0 saturated carbocycles. The molecule has 0 saturated heterocycles. The zero-order chi connectivity index (χ0) is 25.3. The number of nitrogens with one attached hydrogen (secondary N) is 1. The van der Waals surface area contributed by atoms with Gasteiger partial charge in [0.2, 0.25) is 0 Å². The molecule has 0 aliphatic carbocycles. The maximum Gasteiger partial charge on any atom is 0.333 e. The van der Waals surface area contributed by atoms with Crippen molar-refractivity contribution in [3.05, 3.63) is 143 Å². The Kier molecular flexibility index (Phi) is 7.78. The second-order valence-electron chi connectivity index (χ2n) is 8.12. The highest BCUT2D eigenvalue weighted by Crippen LogP contribution is 2.22. The van der Waals surface area contributed by atoms with Crippen molar-refractivity contribution in [1.29, 1.82) is 0 Å². The lowest BCUT2D eigenvalue weighted by Gasteiger charge is -2.13. The number of amides is 1. The molecule has 6 nitrogen and oxygen atoms in total. The third-order valence-electron chi connectivity index (χ3n) is 5.64. The Balaban J connectivity index is 1.76. The molecular weight excluding hydrogens is 450 g/mol. The minimum Gasteiger partial charge on any atom is -0.478 e. The third kappa shape index (κ3) is 5.98. The predicted molar refractivity (Wildman–Crippen MR) is 141 cm³/mol. The molecular formula is C30H25N3O3. The minimum absolute atomic E-state index is 0.160. The standard InChI is InChI=1S/C30H25N3O3/c1-21-11-5-6-14-23(21)19-24(30(35)36)20-32-28(22-12-3-2-4-13-22)25-15-7-8-16-26(25)33-29(34)27-17-9-10-18-31-27/h2-18,20H,19H2,1H3,(H,33,34)(H,35,36)/b24-20-,32-28?. The van der Waals surface area contributed by atoms with E-state index in [1.54, 1.807) is 30.5 Å². The Labute approximate surface area is 209 Å². The first kappa shape index (κ1) is 24.3. The van der Waals surface area contributed by atoms with E-state index in [2.05, 4.69) is 15.3 Å². The first-order valence-corrected chi connectivity index (χ1v) is 11.4. The van der Waals surface area contributed by atoms with E-state index in [0.717, 1.165) is 16.7 Å². The number of carbonyl (C=O) groups excluding carboxylic acids is 1. The highest BCUT2D eigenvalue weighted by molar-refractivity contribution is 6.18. The molecule has 0 aliphatic rings. The number of benzene rings is 3. The normalized spacial score (nSPS) is 11.7. The third-order valence-corrected chi connectivity index (χ3v) is 5.64. The zero-order valence-electron chi connectivity index (χ0n) is 19.8. The Morgan fingerprint density at radius 3 is 2.31 bits per heavy atom. The van der Waals surface area contributed by atoms with Gasteiger partial charge in [-0.1, -0.05) is 78.9 Å². The first-order valence-electron chi connectivity index (χ1n) is 11.4. The second-order valence-corrected chi connectivity index (χ2v) is 8.12. The van der Waals surface area contributed by atoms with E-state index in [0.29, 0.717) is 17.0 Å². The van der Waals surface area contributed by atoms with Crippen molar-refractivity contribution in [2.45, 2.75) is 13.3 Å². The van der Waals surface area contributed by atoms with Crippen LogP contribution in [0.5, 0.6) is 0 Å². The van der Waals surface area contributed by atoms with Crippen LogP contribution in [-0.4, -0.2) is 27.7 Å². The molecule has 4 rings (SSSR count). The summed E-state index contributed by atoms with van der Waals surface area (Å²) in [6, 6.07) is 29.5. The van der Waals surface area contributed by atoms with Gasteiger partial charge in [0.15, 0.2) is 0 Å². The number of pyridine rings is 1. The van der Waals surface area contributed by atoms with Crippen molar-refractivity contribution in [3.63, 3.8) is 0 Å².